The summed E-state index contributed by atoms with van der Waals surface area (Å²) in [5.41, 5.74) is 2.08. The first-order chi connectivity index (χ1) is 12.5. The molecule has 1 amide bonds. The Bertz CT molecular complexity index is 896. The van der Waals surface area contributed by atoms with E-state index in [-0.39, 0.29) is 29.8 Å². The summed E-state index contributed by atoms with van der Waals surface area (Å²) in [4.78, 5) is 20.6. The molecule has 5 nitrogen and oxygen atoms in total. The number of anilines is 1. The second-order valence-corrected chi connectivity index (χ2v) is 6.05. The maximum atomic E-state index is 13.0. The molecule has 0 saturated carbocycles. The van der Waals surface area contributed by atoms with Gasteiger partial charge in [0.15, 0.2) is 5.82 Å². The van der Waals surface area contributed by atoms with Gasteiger partial charge in [0.25, 0.3) is 0 Å². The Morgan fingerprint density at radius 2 is 1.85 bits per heavy atom. The zero-order valence-electron chi connectivity index (χ0n) is 14.2. The van der Waals surface area contributed by atoms with Gasteiger partial charge in [0.1, 0.15) is 11.6 Å². The van der Waals surface area contributed by atoms with Crippen LogP contribution >= 0.6 is 0 Å². The highest BCUT2D eigenvalue weighted by Crippen LogP contribution is 2.22. The molecule has 0 fully saturated rings. The van der Waals surface area contributed by atoms with E-state index < -0.39 is 0 Å². The first kappa shape index (κ1) is 17.5. The molecule has 3 aromatic rings. The molecule has 1 heterocycles. The van der Waals surface area contributed by atoms with Crippen LogP contribution in [0.15, 0.2) is 60.9 Å². The molecular weight excluding hydrogens is 333 g/mol. The SMILES string of the molecule is CC(CC(=O)Nc1cnc(-c2cccc(O)c2)nc1)c1ccc(F)cc1. The van der Waals surface area contributed by atoms with Crippen LogP contribution in [0.1, 0.15) is 24.8 Å². The van der Waals surface area contributed by atoms with E-state index >= 15 is 0 Å². The van der Waals surface area contributed by atoms with Gasteiger partial charge in [-0.2, -0.15) is 0 Å². The predicted molar refractivity (Wildman–Crippen MR) is 97.2 cm³/mol. The molecule has 0 radical (unpaired) electrons. The summed E-state index contributed by atoms with van der Waals surface area (Å²) < 4.78 is 13.0. The van der Waals surface area contributed by atoms with Crippen molar-refractivity contribution in [3.8, 4) is 17.1 Å². The largest absolute Gasteiger partial charge is 0.508 e. The maximum Gasteiger partial charge on any atom is 0.225 e. The van der Waals surface area contributed by atoms with E-state index in [9.17, 15) is 14.3 Å². The van der Waals surface area contributed by atoms with Crippen molar-refractivity contribution in [2.24, 2.45) is 0 Å². The average Bonchev–Trinajstić information content (AvgIpc) is 2.62. The maximum absolute atomic E-state index is 13.0. The number of amides is 1. The number of hydrogen-bond donors (Lipinski definition) is 2. The van der Waals surface area contributed by atoms with Gasteiger partial charge in [-0.3, -0.25) is 4.79 Å². The summed E-state index contributed by atoms with van der Waals surface area (Å²) >= 11 is 0. The Hall–Kier alpha value is -3.28. The molecule has 0 aliphatic carbocycles. The Labute approximate surface area is 150 Å². The van der Waals surface area contributed by atoms with Crippen molar-refractivity contribution in [2.75, 3.05) is 5.32 Å². The summed E-state index contributed by atoms with van der Waals surface area (Å²) in [6, 6.07) is 12.8. The Morgan fingerprint density at radius 1 is 1.15 bits per heavy atom. The van der Waals surface area contributed by atoms with Crippen molar-refractivity contribution in [2.45, 2.75) is 19.3 Å². The number of hydrogen-bond acceptors (Lipinski definition) is 4. The summed E-state index contributed by atoms with van der Waals surface area (Å²) in [6.45, 7) is 1.91. The van der Waals surface area contributed by atoms with E-state index in [4.69, 9.17) is 0 Å². The minimum atomic E-state index is -0.297. The predicted octanol–water partition coefficient (Wildman–Crippen LogP) is 4.12. The summed E-state index contributed by atoms with van der Waals surface area (Å²) in [6.07, 6.45) is 3.31. The fourth-order valence-electron chi connectivity index (χ4n) is 2.59. The van der Waals surface area contributed by atoms with Crippen LogP contribution in [0, 0.1) is 5.82 Å². The average molecular weight is 351 g/mol. The highest BCUT2D eigenvalue weighted by molar-refractivity contribution is 5.91. The molecule has 1 unspecified atom stereocenters. The highest BCUT2D eigenvalue weighted by atomic mass is 19.1. The van der Waals surface area contributed by atoms with E-state index in [2.05, 4.69) is 15.3 Å². The number of carbonyl (C=O) groups excluding carboxylic acids is 1. The fourth-order valence-corrected chi connectivity index (χ4v) is 2.59. The van der Waals surface area contributed by atoms with E-state index in [1.54, 1.807) is 36.4 Å². The van der Waals surface area contributed by atoms with Gasteiger partial charge >= 0.3 is 0 Å². The third kappa shape index (κ3) is 4.42. The molecule has 0 aliphatic rings. The third-order valence-corrected chi connectivity index (χ3v) is 3.97. The van der Waals surface area contributed by atoms with Gasteiger partial charge in [-0.1, -0.05) is 31.2 Å². The summed E-state index contributed by atoms with van der Waals surface area (Å²) in [7, 11) is 0. The van der Waals surface area contributed by atoms with Gasteiger partial charge in [0.05, 0.1) is 18.1 Å². The van der Waals surface area contributed by atoms with Gasteiger partial charge < -0.3 is 10.4 Å². The first-order valence-electron chi connectivity index (χ1n) is 8.18. The van der Waals surface area contributed by atoms with Crippen molar-refractivity contribution < 1.29 is 14.3 Å². The molecule has 2 N–H and O–H groups in total. The first-order valence-corrected chi connectivity index (χ1v) is 8.18. The second kappa shape index (κ2) is 7.74. The minimum absolute atomic E-state index is 0.0388. The lowest BCUT2D eigenvalue weighted by atomic mass is 9.97. The van der Waals surface area contributed by atoms with Gasteiger partial charge in [-0.15, -0.1) is 0 Å². The Kier molecular flexibility index (Phi) is 5.22. The topological polar surface area (TPSA) is 75.1 Å². The molecule has 1 atom stereocenters. The normalized spacial score (nSPS) is 11.8. The number of aromatic hydroxyl groups is 1. The van der Waals surface area contributed by atoms with E-state index in [1.165, 1.54) is 24.5 Å². The molecule has 3 rings (SSSR count). The number of nitrogens with zero attached hydrogens (tertiary/aromatic N) is 2. The number of carbonyl (C=O) groups is 1. The van der Waals surface area contributed by atoms with E-state index in [0.29, 0.717) is 17.1 Å². The molecule has 1 aromatic heterocycles. The second-order valence-electron chi connectivity index (χ2n) is 6.05. The Morgan fingerprint density at radius 3 is 2.50 bits per heavy atom. The lowest BCUT2D eigenvalue weighted by Gasteiger charge is -2.12. The zero-order valence-corrected chi connectivity index (χ0v) is 14.2. The molecule has 0 aliphatic heterocycles. The summed E-state index contributed by atoms with van der Waals surface area (Å²) in [5, 5.41) is 12.3. The molecule has 132 valence electrons. The van der Waals surface area contributed by atoms with Gasteiger partial charge in [-0.05, 0) is 35.7 Å². The number of phenolic OH excluding ortho intramolecular Hbond substituents is 1. The number of benzene rings is 2. The van der Waals surface area contributed by atoms with E-state index in [0.717, 1.165) is 5.56 Å². The number of halogens is 1. The van der Waals surface area contributed by atoms with Gasteiger partial charge in [0, 0.05) is 12.0 Å². The monoisotopic (exact) mass is 351 g/mol. The van der Waals surface area contributed by atoms with Crippen LogP contribution in [0.2, 0.25) is 0 Å². The van der Waals surface area contributed by atoms with Crippen LogP contribution in [-0.4, -0.2) is 21.0 Å². The van der Waals surface area contributed by atoms with Crippen molar-refractivity contribution in [1.82, 2.24) is 9.97 Å². The summed E-state index contributed by atoms with van der Waals surface area (Å²) in [5.74, 6) is 0.0878. The van der Waals surface area contributed by atoms with Crippen LogP contribution < -0.4 is 5.32 Å². The van der Waals surface area contributed by atoms with Crippen molar-refractivity contribution in [3.05, 3.63) is 72.3 Å². The molecule has 0 spiro atoms. The van der Waals surface area contributed by atoms with Crippen LogP contribution in [0.5, 0.6) is 5.75 Å². The highest BCUT2D eigenvalue weighted by Gasteiger charge is 2.12. The van der Waals surface area contributed by atoms with Crippen molar-refractivity contribution in [3.63, 3.8) is 0 Å². The number of rotatable bonds is 5. The Balaban J connectivity index is 1.61. The van der Waals surface area contributed by atoms with Crippen LogP contribution in [-0.2, 0) is 4.79 Å². The molecule has 6 heteroatoms. The standard InChI is InChI=1S/C20H18FN3O2/c1-13(14-5-7-16(21)8-6-14)9-19(26)24-17-11-22-20(23-12-17)15-3-2-4-18(25)10-15/h2-8,10-13,25H,9H2,1H3,(H,24,26). The third-order valence-electron chi connectivity index (χ3n) is 3.97. The molecule has 2 aromatic carbocycles. The lowest BCUT2D eigenvalue weighted by molar-refractivity contribution is -0.116. The number of phenols is 1. The number of nitrogens with one attached hydrogen (secondary N) is 1. The van der Waals surface area contributed by atoms with Crippen LogP contribution in [0.4, 0.5) is 10.1 Å². The number of aromatic nitrogens is 2. The zero-order chi connectivity index (χ0) is 18.5. The molecular formula is C20H18FN3O2. The van der Waals surface area contributed by atoms with Crippen molar-refractivity contribution >= 4 is 11.6 Å². The van der Waals surface area contributed by atoms with Gasteiger partial charge in [-0.25, -0.2) is 14.4 Å². The fraction of sp³-hybridized carbons (Fsp3) is 0.150. The van der Waals surface area contributed by atoms with E-state index in [1.807, 2.05) is 6.92 Å². The molecule has 26 heavy (non-hydrogen) atoms. The van der Waals surface area contributed by atoms with Gasteiger partial charge in [0.2, 0.25) is 5.91 Å². The van der Waals surface area contributed by atoms with Crippen LogP contribution in [0.25, 0.3) is 11.4 Å². The van der Waals surface area contributed by atoms with Crippen molar-refractivity contribution in [1.29, 1.82) is 0 Å². The lowest BCUT2D eigenvalue weighted by Crippen LogP contribution is -2.14. The van der Waals surface area contributed by atoms with Crippen LogP contribution in [0.3, 0.4) is 0 Å². The quantitative estimate of drug-likeness (QED) is 0.725. The minimum Gasteiger partial charge on any atom is -0.508 e. The molecule has 0 bridgehead atoms. The molecule has 0 saturated heterocycles. The smallest absolute Gasteiger partial charge is 0.225 e.